The summed E-state index contributed by atoms with van der Waals surface area (Å²) < 4.78 is 103. The Labute approximate surface area is 448 Å². The first-order chi connectivity index (χ1) is 36.0. The first kappa shape index (κ1) is 50.8. The van der Waals surface area contributed by atoms with E-state index in [4.69, 9.17) is 9.05 Å². The van der Waals surface area contributed by atoms with Gasteiger partial charge < -0.3 is 9.05 Å². The van der Waals surface area contributed by atoms with Crippen molar-refractivity contribution >= 4 is 39.3 Å². The summed E-state index contributed by atoms with van der Waals surface area (Å²) in [5.74, 6) is 4.35. The zero-order chi connectivity index (χ0) is 53.2. The van der Waals surface area contributed by atoms with Gasteiger partial charge in [-0.2, -0.15) is 13.2 Å². The van der Waals surface area contributed by atoms with Crippen molar-refractivity contribution in [3.8, 4) is 44.9 Å². The van der Waals surface area contributed by atoms with Crippen molar-refractivity contribution in [2.45, 2.75) is 172 Å². The number of fused-ring (bicyclic) bond motifs is 7. The lowest BCUT2D eigenvalue weighted by Crippen LogP contribution is -2.48. The van der Waals surface area contributed by atoms with Gasteiger partial charge in [0.15, 0.2) is 0 Å². The minimum absolute atomic E-state index is 0.00826. The highest BCUT2D eigenvalue weighted by Crippen LogP contribution is 2.67. The Kier molecular flexibility index (Phi) is 11.8. The van der Waals surface area contributed by atoms with Gasteiger partial charge in [0, 0.05) is 22.3 Å². The lowest BCUT2D eigenvalue weighted by Gasteiger charge is -2.57. The third kappa shape index (κ3) is 8.08. The van der Waals surface area contributed by atoms with Crippen LogP contribution in [0, 0.1) is 35.5 Å². The summed E-state index contributed by atoms with van der Waals surface area (Å²) >= 11 is 0. The molecule has 0 saturated heterocycles. The van der Waals surface area contributed by atoms with E-state index in [1.54, 1.807) is 4.49 Å². The number of alkyl halides is 3. The van der Waals surface area contributed by atoms with E-state index in [1.165, 1.54) is 88.2 Å². The van der Waals surface area contributed by atoms with Gasteiger partial charge in [-0.3, -0.25) is 0 Å². The number of sulfonamides is 1. The Morgan fingerprint density at radius 1 is 0.500 bits per heavy atom. The average molecular weight is 1070 g/mol. The van der Waals surface area contributed by atoms with Gasteiger partial charge in [-0.05, 0) is 225 Å². The average Bonchev–Trinajstić information content (AvgIpc) is 3.66. The summed E-state index contributed by atoms with van der Waals surface area (Å²) in [6.45, 7) is 17.4. The second kappa shape index (κ2) is 17.7. The van der Waals surface area contributed by atoms with Crippen molar-refractivity contribution in [1.29, 1.82) is 0 Å². The van der Waals surface area contributed by atoms with E-state index in [-0.39, 0.29) is 46.0 Å². The van der Waals surface area contributed by atoms with E-state index in [0.29, 0.717) is 33.0 Å². The molecule has 8 saturated carbocycles. The van der Waals surface area contributed by atoms with Crippen LogP contribution in [0.5, 0.6) is 11.5 Å². The molecule has 0 radical (unpaired) electrons. The highest BCUT2D eigenvalue weighted by Gasteiger charge is 2.55. The molecule has 6 nitrogen and oxygen atoms in total. The highest BCUT2D eigenvalue weighted by atomic mass is 32.2. The van der Waals surface area contributed by atoms with Crippen LogP contribution in [0.1, 0.15) is 189 Å². The molecular formula is C65H73F3NO5PS. The fraction of sp³-hybridized carbons (Fsp3) is 0.508. The Morgan fingerprint density at radius 2 is 0.803 bits per heavy atom. The third-order valence-electron chi connectivity index (χ3n) is 19.9. The predicted molar refractivity (Wildman–Crippen MR) is 301 cm³/mol. The van der Waals surface area contributed by atoms with Crippen LogP contribution >= 0.6 is 7.75 Å². The second-order valence-electron chi connectivity index (χ2n) is 26.5. The maximum absolute atomic E-state index is 16.1. The summed E-state index contributed by atoms with van der Waals surface area (Å²) in [5.41, 5.74) is 5.04. The van der Waals surface area contributed by atoms with Crippen LogP contribution in [0.4, 0.5) is 13.2 Å². The Bertz CT molecular complexity index is 3220. The Balaban J connectivity index is 1.13. The van der Waals surface area contributed by atoms with Crippen molar-refractivity contribution in [3.05, 3.63) is 118 Å². The van der Waals surface area contributed by atoms with Gasteiger partial charge in [0.1, 0.15) is 11.5 Å². The van der Waals surface area contributed by atoms with Crippen LogP contribution < -0.4 is 13.5 Å². The molecule has 0 aromatic heterocycles. The molecule has 400 valence electrons. The maximum atomic E-state index is 16.1. The molecule has 8 bridgehead atoms. The van der Waals surface area contributed by atoms with E-state index in [9.17, 15) is 21.6 Å². The molecule has 8 fully saturated rings. The molecule has 1 aliphatic heterocycles. The number of hydrogen-bond donors (Lipinski definition) is 1. The zero-order valence-electron chi connectivity index (χ0n) is 45.4. The van der Waals surface area contributed by atoms with Gasteiger partial charge in [-0.1, -0.05) is 133 Å². The minimum atomic E-state index is -6.32. The molecule has 0 unspecified atom stereocenters. The molecule has 8 aliphatic carbocycles. The van der Waals surface area contributed by atoms with Crippen LogP contribution in [-0.2, 0) is 25.4 Å². The number of hydrogen-bond acceptors (Lipinski definition) is 5. The van der Waals surface area contributed by atoms with E-state index < -0.39 is 23.3 Å². The monoisotopic (exact) mass is 1070 g/mol. The summed E-state index contributed by atoms with van der Waals surface area (Å²) in [7, 11) is -11.9. The molecule has 9 aliphatic rings. The van der Waals surface area contributed by atoms with Crippen molar-refractivity contribution in [2.75, 3.05) is 0 Å². The van der Waals surface area contributed by atoms with E-state index in [1.807, 2.05) is 60.7 Å². The van der Waals surface area contributed by atoms with Crippen molar-refractivity contribution in [2.24, 2.45) is 35.5 Å². The van der Waals surface area contributed by atoms with Crippen LogP contribution in [0.3, 0.4) is 0 Å². The number of nitrogens with one attached hydrogen (secondary N) is 1. The molecule has 6 aromatic carbocycles. The molecular weight excluding hydrogens is 995 g/mol. The molecule has 0 amide bonds. The number of halogens is 3. The largest absolute Gasteiger partial charge is 0.526 e. The van der Waals surface area contributed by atoms with Gasteiger partial charge >= 0.3 is 23.3 Å². The minimum Gasteiger partial charge on any atom is -0.403 e. The smallest absolute Gasteiger partial charge is 0.403 e. The molecule has 0 atom stereocenters. The standard InChI is InChI=1S/C65H73F3NO5PS/c1-35(2)51-25-47(63-29-39-17-40(30-63)19-41(18-39)31-63)26-52(36(3)4)57(51)55-23-45-13-9-11-15-49(45)59-60-50-16-12-10-14-46(50)24-56(62(60)74-75(70,73-61(55)59)69-76(71,72)65(66,67)68)58-53(37(5)6)27-48(28-54(58)38(7)8)64-32-42-20-43(33-64)22-44(21-42)34-64/h9-16,23-28,35-44H,17-22,29-34H2,1-8H3,(H,69,70). The molecule has 76 heavy (non-hydrogen) atoms. The predicted octanol–water partition coefficient (Wildman–Crippen LogP) is 18.7. The summed E-state index contributed by atoms with van der Waals surface area (Å²) in [6, 6.07) is 29.4. The van der Waals surface area contributed by atoms with Crippen LogP contribution in [0.2, 0.25) is 0 Å². The topological polar surface area (TPSA) is 81.7 Å². The number of rotatable bonds is 10. The quantitative estimate of drug-likeness (QED) is 0.138. The van der Waals surface area contributed by atoms with E-state index in [2.05, 4.69) is 79.7 Å². The molecule has 1 N–H and O–H groups in total. The first-order valence-corrected chi connectivity index (χ1v) is 31.6. The van der Waals surface area contributed by atoms with Crippen LogP contribution in [0.15, 0.2) is 84.9 Å². The summed E-state index contributed by atoms with van der Waals surface area (Å²) in [6.07, 6.45) is 14.9. The second-order valence-corrected chi connectivity index (χ2v) is 30.1. The van der Waals surface area contributed by atoms with Crippen LogP contribution in [-0.4, -0.2) is 13.9 Å². The Hall–Kier alpha value is -4.63. The normalized spacial score (nSPS) is 29.4. The molecule has 11 heteroatoms. The van der Waals surface area contributed by atoms with Gasteiger partial charge in [0.05, 0.1) is 0 Å². The fourth-order valence-corrected chi connectivity index (χ4v) is 20.4. The zero-order valence-corrected chi connectivity index (χ0v) is 47.1. The van der Waals surface area contributed by atoms with Crippen LogP contribution in [0.25, 0.3) is 54.9 Å². The van der Waals surface area contributed by atoms with Gasteiger partial charge in [0.2, 0.25) is 0 Å². The van der Waals surface area contributed by atoms with E-state index in [0.717, 1.165) is 79.7 Å². The van der Waals surface area contributed by atoms with Crippen molar-refractivity contribution in [3.63, 3.8) is 0 Å². The third-order valence-corrected chi connectivity index (χ3v) is 23.3. The van der Waals surface area contributed by atoms with Crippen molar-refractivity contribution in [1.82, 2.24) is 4.49 Å². The molecule has 1 heterocycles. The maximum Gasteiger partial charge on any atom is 0.526 e. The van der Waals surface area contributed by atoms with Gasteiger partial charge in [0.25, 0.3) is 0 Å². The fourth-order valence-electron chi connectivity index (χ4n) is 17.6. The van der Waals surface area contributed by atoms with Crippen molar-refractivity contribution < 1.29 is 35.2 Å². The van der Waals surface area contributed by atoms with E-state index >= 15 is 4.57 Å². The SMILES string of the molecule is CC(C)c1cc(C23CC4CC(CC(C4)C2)C3)cc(C(C)C)c1-c1cc2ccccc2c2c1OP(=O)(NS(=O)(=O)C(F)(F)F)Oc1c(-c3c(C(C)C)cc(C45CC6CC(CC(C6)C4)C5)cc3C(C)C)cc3ccccc3c1-2. The molecule has 6 aromatic rings. The highest BCUT2D eigenvalue weighted by molar-refractivity contribution is 7.95. The van der Waals surface area contributed by atoms with Gasteiger partial charge in [-0.25, -0.2) is 13.0 Å². The Morgan fingerprint density at radius 3 is 1.09 bits per heavy atom. The first-order valence-electron chi connectivity index (χ1n) is 28.6. The lowest BCUT2D eigenvalue weighted by atomic mass is 9.48. The lowest BCUT2D eigenvalue weighted by molar-refractivity contribution is -0.0443. The molecule has 0 spiro atoms. The number of benzene rings is 6. The molecule has 15 rings (SSSR count). The summed E-state index contributed by atoms with van der Waals surface area (Å²) in [5, 5.41) is 3.09. The van der Waals surface area contributed by atoms with Gasteiger partial charge in [-0.15, -0.1) is 0 Å². The summed E-state index contributed by atoms with van der Waals surface area (Å²) in [4.78, 5) is 0.